The van der Waals surface area contributed by atoms with Crippen LogP contribution in [0.5, 0.6) is 0 Å². The molecule has 1 saturated carbocycles. The van der Waals surface area contributed by atoms with Gasteiger partial charge in [-0.1, -0.05) is 25.7 Å². The van der Waals surface area contributed by atoms with Crippen LogP contribution >= 0.6 is 0 Å². The van der Waals surface area contributed by atoms with E-state index in [4.69, 9.17) is 0 Å². The molecule has 30 valence electrons. The number of hydrogen-bond donors (Lipinski definition) is 0. The molecule has 0 bridgehead atoms. The fourth-order valence-electron chi connectivity index (χ4n) is 0.250. The molecule has 0 aromatic carbocycles. The van der Waals surface area contributed by atoms with Crippen molar-refractivity contribution >= 4 is 0 Å². The number of rotatable bonds is 0. The average Bonchev–Trinajstić information content (AvgIpc) is 0.722. The molecule has 0 aromatic rings. The predicted octanol–water partition coefficient (Wildman–Crippen LogP) is 1.56. The second-order valence-corrected chi connectivity index (χ2v) is 1.41. The second-order valence-electron chi connectivity index (χ2n) is 1.41. The molecule has 5 heavy (non-hydrogen) atoms. The first-order valence-electron chi connectivity index (χ1n) is 2.00. The molecule has 0 N–H and O–H groups in total. The summed E-state index contributed by atoms with van der Waals surface area (Å²) in [5.74, 6) is 0. The Morgan fingerprint density at radius 2 is 0.800 bits per heavy atom. The van der Waals surface area contributed by atoms with Gasteiger partial charge in [-0.25, -0.2) is 0 Å². The summed E-state index contributed by atoms with van der Waals surface area (Å²) in [5.41, 5.74) is 0. The Kier molecular flexibility index (Phi) is 3.30. The van der Waals surface area contributed by atoms with Crippen molar-refractivity contribution in [3.05, 3.63) is 0 Å². The predicted molar refractivity (Wildman–Crippen MR) is 18.5 cm³/mol. The molecule has 0 radical (unpaired) electrons. The van der Waals surface area contributed by atoms with Crippen molar-refractivity contribution in [3.8, 4) is 0 Å². The van der Waals surface area contributed by atoms with E-state index in [0.717, 1.165) is 0 Å². The van der Waals surface area contributed by atoms with Gasteiger partial charge in [0.25, 0.3) is 0 Å². The Hall–Kier alpha value is 0.688. The van der Waals surface area contributed by atoms with E-state index in [1.54, 1.807) is 0 Å². The van der Waals surface area contributed by atoms with Crippen LogP contribution in [-0.4, -0.2) is 0 Å². The molecule has 0 amide bonds. The van der Waals surface area contributed by atoms with E-state index >= 15 is 0 Å². The van der Waals surface area contributed by atoms with E-state index in [2.05, 4.69) is 0 Å². The van der Waals surface area contributed by atoms with E-state index in [1.165, 1.54) is 25.7 Å². The van der Waals surface area contributed by atoms with Gasteiger partial charge in [-0.3, -0.25) is 0 Å². The van der Waals surface area contributed by atoms with Crippen LogP contribution < -0.4 is 0 Å². The molecule has 0 aliphatic heterocycles. The smallest absolute Gasteiger partial charge is 0.0533 e. The fraction of sp³-hybridized carbons (Fsp3) is 1.00. The van der Waals surface area contributed by atoms with Crippen molar-refractivity contribution in [2.75, 3.05) is 0 Å². The van der Waals surface area contributed by atoms with Gasteiger partial charge < -0.3 is 0 Å². The molecular weight excluding hydrogens is 243 g/mol. The molecular formula is C4H8Pt+4. The van der Waals surface area contributed by atoms with Crippen molar-refractivity contribution in [2.24, 2.45) is 0 Å². The van der Waals surface area contributed by atoms with Gasteiger partial charge in [0.05, 0.1) is 0 Å². The largest absolute Gasteiger partial charge is 4.00 e. The van der Waals surface area contributed by atoms with Gasteiger partial charge in [0, 0.05) is 0 Å². The topological polar surface area (TPSA) is 0 Å². The quantitative estimate of drug-likeness (QED) is 0.613. The SMILES string of the molecule is C1CCC1.[Pt+4]. The molecule has 0 nitrogen and oxygen atoms in total. The van der Waals surface area contributed by atoms with Gasteiger partial charge in [0.2, 0.25) is 0 Å². The minimum Gasteiger partial charge on any atom is -0.0533 e. The van der Waals surface area contributed by atoms with Crippen LogP contribution in [0, 0.1) is 0 Å². The zero-order valence-electron chi connectivity index (χ0n) is 3.14. The maximum absolute atomic E-state index is 1.50. The van der Waals surface area contributed by atoms with Crippen LogP contribution in [0.4, 0.5) is 0 Å². The van der Waals surface area contributed by atoms with Crippen LogP contribution in [0.15, 0.2) is 0 Å². The average molecular weight is 251 g/mol. The molecule has 0 saturated heterocycles. The minimum atomic E-state index is 0. The van der Waals surface area contributed by atoms with E-state index in [-0.39, 0.29) is 21.1 Å². The third kappa shape index (κ3) is 1.54. The first-order valence-corrected chi connectivity index (χ1v) is 2.00. The molecule has 0 aromatic heterocycles. The second kappa shape index (κ2) is 2.90. The van der Waals surface area contributed by atoms with E-state index in [1.807, 2.05) is 0 Å². The zero-order valence-corrected chi connectivity index (χ0v) is 5.42. The van der Waals surface area contributed by atoms with Crippen LogP contribution in [0.25, 0.3) is 0 Å². The van der Waals surface area contributed by atoms with E-state index in [9.17, 15) is 0 Å². The standard InChI is InChI=1S/C4H8.Pt/c1-2-4-3-1;/h1-4H2;/q;+4. The molecule has 1 aliphatic rings. The number of hydrogen-bond acceptors (Lipinski definition) is 0. The van der Waals surface area contributed by atoms with Gasteiger partial charge in [-0.2, -0.15) is 0 Å². The molecule has 1 heteroatoms. The Labute approximate surface area is 47.2 Å². The summed E-state index contributed by atoms with van der Waals surface area (Å²) >= 11 is 0. The summed E-state index contributed by atoms with van der Waals surface area (Å²) in [4.78, 5) is 0. The van der Waals surface area contributed by atoms with Crippen LogP contribution in [-0.2, 0) is 21.1 Å². The van der Waals surface area contributed by atoms with Crippen molar-refractivity contribution in [1.29, 1.82) is 0 Å². The zero-order chi connectivity index (χ0) is 2.83. The Balaban J connectivity index is 0.000000160. The van der Waals surface area contributed by atoms with Crippen molar-refractivity contribution < 1.29 is 21.1 Å². The monoisotopic (exact) mass is 251 g/mol. The maximum Gasteiger partial charge on any atom is 4.00 e. The first-order chi connectivity index (χ1) is 2.00. The fourth-order valence-corrected chi connectivity index (χ4v) is 0.250. The van der Waals surface area contributed by atoms with Gasteiger partial charge in [0.1, 0.15) is 0 Å². The van der Waals surface area contributed by atoms with Crippen molar-refractivity contribution in [2.45, 2.75) is 25.7 Å². The molecule has 1 aliphatic carbocycles. The molecule has 1 fully saturated rings. The Morgan fingerprint density at radius 1 is 0.600 bits per heavy atom. The van der Waals surface area contributed by atoms with E-state index in [0.29, 0.717) is 0 Å². The third-order valence-electron chi connectivity index (χ3n) is 1.000. The summed E-state index contributed by atoms with van der Waals surface area (Å²) < 4.78 is 0. The summed E-state index contributed by atoms with van der Waals surface area (Å²) in [6, 6.07) is 0. The molecule has 1 rings (SSSR count). The Bertz CT molecular complexity index is 11.6. The molecule has 0 unspecified atom stereocenters. The molecule has 0 spiro atoms. The van der Waals surface area contributed by atoms with Crippen LogP contribution in [0.2, 0.25) is 0 Å². The van der Waals surface area contributed by atoms with Gasteiger partial charge in [-0.15, -0.1) is 0 Å². The summed E-state index contributed by atoms with van der Waals surface area (Å²) in [5, 5.41) is 0. The van der Waals surface area contributed by atoms with Crippen molar-refractivity contribution in [3.63, 3.8) is 0 Å². The maximum atomic E-state index is 1.50. The summed E-state index contributed by atoms with van der Waals surface area (Å²) in [6.45, 7) is 0. The van der Waals surface area contributed by atoms with Crippen molar-refractivity contribution in [1.82, 2.24) is 0 Å². The van der Waals surface area contributed by atoms with Gasteiger partial charge in [0.15, 0.2) is 0 Å². The summed E-state index contributed by atoms with van der Waals surface area (Å²) in [6.07, 6.45) is 6.00. The van der Waals surface area contributed by atoms with E-state index < -0.39 is 0 Å². The van der Waals surface area contributed by atoms with Crippen LogP contribution in [0.1, 0.15) is 25.7 Å². The van der Waals surface area contributed by atoms with Gasteiger partial charge >= 0.3 is 21.1 Å². The summed E-state index contributed by atoms with van der Waals surface area (Å²) in [7, 11) is 0. The van der Waals surface area contributed by atoms with Gasteiger partial charge in [-0.05, 0) is 0 Å². The normalized spacial score (nSPS) is 19.2. The molecule has 0 atom stereocenters. The minimum absolute atomic E-state index is 0. The Morgan fingerprint density at radius 3 is 0.800 bits per heavy atom. The first kappa shape index (κ1) is 5.69. The third-order valence-corrected chi connectivity index (χ3v) is 1.000. The molecule has 0 heterocycles. The van der Waals surface area contributed by atoms with Crippen LogP contribution in [0.3, 0.4) is 0 Å².